The molecule has 0 saturated carbocycles. The summed E-state index contributed by atoms with van der Waals surface area (Å²) in [6.07, 6.45) is 1.97. The highest BCUT2D eigenvalue weighted by atomic mass is 32.1. The standard InChI is InChI=1S/C15H16N2S/c1-10-7-13(11(2)18-10)9-17-14-3-4-15-12(8-14)5-6-16-15/h3-8,16-17H,9H2,1-2H3. The molecule has 1 aromatic carbocycles. The molecule has 2 aromatic heterocycles. The Labute approximate surface area is 111 Å². The zero-order valence-electron chi connectivity index (χ0n) is 10.6. The summed E-state index contributed by atoms with van der Waals surface area (Å²) in [6, 6.07) is 10.8. The first-order valence-electron chi connectivity index (χ1n) is 6.09. The van der Waals surface area contributed by atoms with Crippen LogP contribution in [0.2, 0.25) is 0 Å². The molecule has 2 nitrogen and oxygen atoms in total. The maximum atomic E-state index is 3.49. The second-order valence-electron chi connectivity index (χ2n) is 4.57. The maximum absolute atomic E-state index is 3.49. The van der Waals surface area contributed by atoms with Gasteiger partial charge in [0.2, 0.25) is 0 Å². The van der Waals surface area contributed by atoms with Gasteiger partial charge in [0.15, 0.2) is 0 Å². The maximum Gasteiger partial charge on any atom is 0.0455 e. The molecule has 0 radical (unpaired) electrons. The first kappa shape index (κ1) is 11.4. The van der Waals surface area contributed by atoms with Gasteiger partial charge < -0.3 is 10.3 Å². The molecule has 0 unspecified atom stereocenters. The van der Waals surface area contributed by atoms with Crippen molar-refractivity contribution in [3.8, 4) is 0 Å². The van der Waals surface area contributed by atoms with Crippen molar-refractivity contribution >= 4 is 27.9 Å². The van der Waals surface area contributed by atoms with Crippen molar-refractivity contribution < 1.29 is 0 Å². The lowest BCUT2D eigenvalue weighted by molar-refractivity contribution is 1.14. The quantitative estimate of drug-likeness (QED) is 0.711. The molecular formula is C15H16N2S. The topological polar surface area (TPSA) is 27.8 Å². The molecule has 0 spiro atoms. The lowest BCUT2D eigenvalue weighted by Crippen LogP contribution is -1.98. The minimum Gasteiger partial charge on any atom is -0.381 e. The van der Waals surface area contributed by atoms with Crippen LogP contribution in [0.25, 0.3) is 10.9 Å². The third-order valence-electron chi connectivity index (χ3n) is 3.18. The van der Waals surface area contributed by atoms with Crippen molar-refractivity contribution in [2.45, 2.75) is 20.4 Å². The number of thiophene rings is 1. The Balaban J connectivity index is 1.78. The average Bonchev–Trinajstić information content (AvgIpc) is 2.92. The number of hydrogen-bond donors (Lipinski definition) is 2. The number of benzene rings is 1. The summed E-state index contributed by atoms with van der Waals surface area (Å²) in [6.45, 7) is 5.24. The SMILES string of the molecule is Cc1cc(CNc2ccc3[nH]ccc3c2)c(C)s1. The van der Waals surface area contributed by atoms with Gasteiger partial charge in [-0.1, -0.05) is 0 Å². The second-order valence-corrected chi connectivity index (χ2v) is 6.03. The van der Waals surface area contributed by atoms with Crippen LogP contribution in [0, 0.1) is 13.8 Å². The van der Waals surface area contributed by atoms with Crippen molar-refractivity contribution in [2.75, 3.05) is 5.32 Å². The number of aromatic nitrogens is 1. The highest BCUT2D eigenvalue weighted by Crippen LogP contribution is 2.23. The van der Waals surface area contributed by atoms with E-state index in [1.165, 1.54) is 31.9 Å². The lowest BCUT2D eigenvalue weighted by Gasteiger charge is -2.06. The van der Waals surface area contributed by atoms with E-state index in [0.29, 0.717) is 0 Å². The first-order chi connectivity index (χ1) is 8.72. The molecule has 18 heavy (non-hydrogen) atoms. The number of anilines is 1. The number of H-pyrrole nitrogens is 1. The molecule has 0 saturated heterocycles. The molecule has 3 heteroatoms. The molecular weight excluding hydrogens is 240 g/mol. The van der Waals surface area contributed by atoms with Crippen molar-refractivity contribution in [3.63, 3.8) is 0 Å². The molecule has 0 bridgehead atoms. The number of hydrogen-bond acceptors (Lipinski definition) is 2. The predicted octanol–water partition coefficient (Wildman–Crippen LogP) is 4.46. The first-order valence-corrected chi connectivity index (χ1v) is 6.91. The van der Waals surface area contributed by atoms with Crippen molar-refractivity contribution in [2.24, 2.45) is 0 Å². The summed E-state index contributed by atoms with van der Waals surface area (Å²) in [5.41, 5.74) is 3.75. The molecule has 2 N–H and O–H groups in total. The van der Waals surface area contributed by atoms with E-state index in [9.17, 15) is 0 Å². The molecule has 2 heterocycles. The zero-order valence-corrected chi connectivity index (χ0v) is 11.4. The summed E-state index contributed by atoms with van der Waals surface area (Å²) >= 11 is 1.86. The summed E-state index contributed by atoms with van der Waals surface area (Å²) in [5, 5.41) is 4.74. The van der Waals surface area contributed by atoms with Crippen LogP contribution in [0.1, 0.15) is 15.3 Å². The lowest BCUT2D eigenvalue weighted by atomic mass is 10.2. The molecule has 0 fully saturated rings. The smallest absolute Gasteiger partial charge is 0.0455 e. The number of aromatic amines is 1. The minimum absolute atomic E-state index is 0.895. The van der Waals surface area contributed by atoms with Crippen LogP contribution in [-0.4, -0.2) is 4.98 Å². The van der Waals surface area contributed by atoms with Crippen molar-refractivity contribution in [1.82, 2.24) is 4.98 Å². The molecule has 0 aliphatic rings. The Bertz CT molecular complexity index is 679. The van der Waals surface area contributed by atoms with E-state index in [2.05, 4.69) is 54.5 Å². The van der Waals surface area contributed by atoms with Crippen LogP contribution in [0.5, 0.6) is 0 Å². The fourth-order valence-electron chi connectivity index (χ4n) is 2.22. The van der Waals surface area contributed by atoms with Crippen LogP contribution >= 0.6 is 11.3 Å². The minimum atomic E-state index is 0.895. The number of aryl methyl sites for hydroxylation is 2. The van der Waals surface area contributed by atoms with E-state index < -0.39 is 0 Å². The van der Waals surface area contributed by atoms with Crippen LogP contribution in [0.4, 0.5) is 5.69 Å². The fraction of sp³-hybridized carbons (Fsp3) is 0.200. The summed E-state index contributed by atoms with van der Waals surface area (Å²) in [4.78, 5) is 5.99. The van der Waals surface area contributed by atoms with Crippen LogP contribution in [-0.2, 0) is 6.54 Å². The van der Waals surface area contributed by atoms with E-state index in [0.717, 1.165) is 6.54 Å². The molecule has 0 atom stereocenters. The molecule has 0 amide bonds. The molecule has 92 valence electrons. The van der Waals surface area contributed by atoms with E-state index in [1.54, 1.807) is 0 Å². The average molecular weight is 256 g/mol. The van der Waals surface area contributed by atoms with E-state index >= 15 is 0 Å². The molecule has 0 aliphatic heterocycles. The van der Waals surface area contributed by atoms with Gasteiger partial charge in [-0.2, -0.15) is 0 Å². The van der Waals surface area contributed by atoms with E-state index in [1.807, 2.05) is 17.5 Å². The Kier molecular flexibility index (Phi) is 2.84. The van der Waals surface area contributed by atoms with Gasteiger partial charge >= 0.3 is 0 Å². The van der Waals surface area contributed by atoms with Crippen LogP contribution in [0.15, 0.2) is 36.5 Å². The Morgan fingerprint density at radius 2 is 2.06 bits per heavy atom. The number of nitrogens with one attached hydrogen (secondary N) is 2. The van der Waals surface area contributed by atoms with Gasteiger partial charge in [-0.25, -0.2) is 0 Å². The van der Waals surface area contributed by atoms with Gasteiger partial charge in [0.05, 0.1) is 0 Å². The highest BCUT2D eigenvalue weighted by molar-refractivity contribution is 7.12. The van der Waals surface area contributed by atoms with Gasteiger partial charge in [-0.15, -0.1) is 11.3 Å². The zero-order chi connectivity index (χ0) is 12.5. The Morgan fingerprint density at radius 3 is 2.83 bits per heavy atom. The predicted molar refractivity (Wildman–Crippen MR) is 79.4 cm³/mol. The fourth-order valence-corrected chi connectivity index (χ4v) is 3.17. The summed E-state index contributed by atoms with van der Waals surface area (Å²) in [5.74, 6) is 0. The van der Waals surface area contributed by atoms with Crippen molar-refractivity contribution in [3.05, 3.63) is 51.8 Å². The van der Waals surface area contributed by atoms with Crippen LogP contribution < -0.4 is 5.32 Å². The van der Waals surface area contributed by atoms with Gasteiger partial charge in [-0.3, -0.25) is 0 Å². The van der Waals surface area contributed by atoms with Gasteiger partial charge in [0.25, 0.3) is 0 Å². The highest BCUT2D eigenvalue weighted by Gasteiger charge is 2.03. The van der Waals surface area contributed by atoms with E-state index in [-0.39, 0.29) is 0 Å². The molecule has 3 aromatic rings. The summed E-state index contributed by atoms with van der Waals surface area (Å²) < 4.78 is 0. The number of rotatable bonds is 3. The Hall–Kier alpha value is -1.74. The molecule has 3 rings (SSSR count). The normalized spacial score (nSPS) is 11.0. The van der Waals surface area contributed by atoms with Crippen molar-refractivity contribution in [1.29, 1.82) is 0 Å². The Morgan fingerprint density at radius 1 is 1.17 bits per heavy atom. The van der Waals surface area contributed by atoms with Gasteiger partial charge in [0.1, 0.15) is 0 Å². The monoisotopic (exact) mass is 256 g/mol. The van der Waals surface area contributed by atoms with E-state index in [4.69, 9.17) is 0 Å². The largest absolute Gasteiger partial charge is 0.381 e. The second kappa shape index (κ2) is 4.50. The van der Waals surface area contributed by atoms with Gasteiger partial charge in [0, 0.05) is 39.1 Å². The van der Waals surface area contributed by atoms with Crippen LogP contribution in [0.3, 0.4) is 0 Å². The number of fused-ring (bicyclic) bond motifs is 1. The third kappa shape index (κ3) is 2.14. The van der Waals surface area contributed by atoms with Gasteiger partial charge in [-0.05, 0) is 49.7 Å². The molecule has 0 aliphatic carbocycles. The third-order valence-corrected chi connectivity index (χ3v) is 4.19. The summed E-state index contributed by atoms with van der Waals surface area (Å²) in [7, 11) is 0.